The molecular formula is C20H21N3O4. The fraction of sp³-hybridized carbons (Fsp3) is 0.250. The maximum Gasteiger partial charge on any atom is 0.259 e. The van der Waals surface area contributed by atoms with Gasteiger partial charge < -0.3 is 14.8 Å². The predicted molar refractivity (Wildman–Crippen MR) is 101 cm³/mol. The number of aryl methyl sites for hydroxylation is 1. The largest absolute Gasteiger partial charge is 0.493 e. The van der Waals surface area contributed by atoms with E-state index in [1.54, 1.807) is 18.2 Å². The molecule has 0 unspecified atom stereocenters. The molecule has 2 aromatic rings. The minimum atomic E-state index is -0.388. The van der Waals surface area contributed by atoms with Crippen LogP contribution in [0.3, 0.4) is 0 Å². The van der Waals surface area contributed by atoms with Crippen molar-refractivity contribution < 1.29 is 19.1 Å². The van der Waals surface area contributed by atoms with Crippen LogP contribution in [0.5, 0.6) is 11.5 Å². The van der Waals surface area contributed by atoms with Crippen LogP contribution in [-0.4, -0.2) is 38.3 Å². The molecule has 0 spiro atoms. The number of carbonyl (C=O) groups is 2. The van der Waals surface area contributed by atoms with Crippen LogP contribution in [0, 0.1) is 0 Å². The van der Waals surface area contributed by atoms with E-state index in [2.05, 4.69) is 21.9 Å². The van der Waals surface area contributed by atoms with Gasteiger partial charge in [-0.2, -0.15) is 5.10 Å². The topological polar surface area (TPSA) is 89.0 Å². The first-order chi connectivity index (χ1) is 13.1. The first-order valence-electron chi connectivity index (χ1n) is 8.56. The summed E-state index contributed by atoms with van der Waals surface area (Å²) < 4.78 is 10.3. The first-order valence-corrected chi connectivity index (χ1v) is 8.56. The van der Waals surface area contributed by atoms with Crippen molar-refractivity contribution in [1.82, 2.24) is 10.7 Å². The summed E-state index contributed by atoms with van der Waals surface area (Å²) in [7, 11) is 3.01. The van der Waals surface area contributed by atoms with Crippen LogP contribution in [0.1, 0.15) is 27.9 Å². The van der Waals surface area contributed by atoms with E-state index in [1.807, 2.05) is 18.2 Å². The van der Waals surface area contributed by atoms with Crippen LogP contribution in [0.25, 0.3) is 0 Å². The predicted octanol–water partition coefficient (Wildman–Crippen LogP) is 1.90. The standard InChI is InChI=1S/C20H21N3O4/c1-26-17-10-8-14(11-18(17)27-2)20(25)21-12-19(24)23-22-16-9-7-13-5-3-4-6-15(13)16/h3-6,8,10-11H,7,9,12H2,1-2H3,(H,21,25)(H,23,24)/b22-16+. The SMILES string of the molecule is COc1ccc(C(=O)NCC(=O)N/N=C2\CCc3ccccc32)cc1OC. The number of nitrogens with zero attached hydrogens (tertiary/aromatic N) is 1. The Morgan fingerprint density at radius 1 is 1.04 bits per heavy atom. The summed E-state index contributed by atoms with van der Waals surface area (Å²) in [6.07, 6.45) is 1.71. The van der Waals surface area contributed by atoms with Crippen molar-refractivity contribution in [2.45, 2.75) is 12.8 Å². The molecule has 7 nitrogen and oxygen atoms in total. The Hall–Kier alpha value is -3.35. The highest BCUT2D eigenvalue weighted by atomic mass is 16.5. The zero-order valence-electron chi connectivity index (χ0n) is 15.2. The zero-order chi connectivity index (χ0) is 19.2. The Bertz CT molecular complexity index is 893. The summed E-state index contributed by atoms with van der Waals surface area (Å²) in [5.74, 6) is 0.200. The maximum atomic E-state index is 12.2. The van der Waals surface area contributed by atoms with Crippen molar-refractivity contribution >= 4 is 17.5 Å². The molecule has 0 atom stereocenters. The van der Waals surface area contributed by atoms with Gasteiger partial charge in [0.25, 0.3) is 11.8 Å². The Morgan fingerprint density at radius 2 is 1.81 bits per heavy atom. The first kappa shape index (κ1) is 18.4. The molecule has 2 aromatic carbocycles. The second-order valence-electron chi connectivity index (χ2n) is 6.00. The third kappa shape index (κ3) is 4.25. The van der Waals surface area contributed by atoms with E-state index in [1.165, 1.54) is 19.8 Å². The molecule has 0 bridgehead atoms. The molecule has 3 rings (SSSR count). The number of amides is 2. The summed E-state index contributed by atoms with van der Waals surface area (Å²) in [6, 6.07) is 12.8. The summed E-state index contributed by atoms with van der Waals surface area (Å²) >= 11 is 0. The molecule has 140 valence electrons. The molecule has 0 aromatic heterocycles. The minimum absolute atomic E-state index is 0.175. The lowest BCUT2D eigenvalue weighted by Gasteiger charge is -2.09. The highest BCUT2D eigenvalue weighted by molar-refractivity contribution is 6.05. The Kier molecular flexibility index (Phi) is 5.71. The molecule has 2 amide bonds. The second-order valence-corrected chi connectivity index (χ2v) is 6.00. The zero-order valence-corrected chi connectivity index (χ0v) is 15.2. The van der Waals surface area contributed by atoms with Crippen LogP contribution in [0.4, 0.5) is 0 Å². The van der Waals surface area contributed by atoms with E-state index in [4.69, 9.17) is 9.47 Å². The molecule has 0 fully saturated rings. The lowest BCUT2D eigenvalue weighted by Crippen LogP contribution is -2.35. The highest BCUT2D eigenvalue weighted by Crippen LogP contribution is 2.27. The summed E-state index contributed by atoms with van der Waals surface area (Å²) in [6.45, 7) is -0.175. The van der Waals surface area contributed by atoms with Gasteiger partial charge in [-0.25, -0.2) is 5.43 Å². The maximum absolute atomic E-state index is 12.2. The number of ether oxygens (including phenoxy) is 2. The number of rotatable bonds is 6. The number of hydrogen-bond acceptors (Lipinski definition) is 5. The molecule has 7 heteroatoms. The molecule has 1 aliphatic carbocycles. The minimum Gasteiger partial charge on any atom is -0.493 e. The van der Waals surface area contributed by atoms with E-state index in [0.717, 1.165) is 24.1 Å². The monoisotopic (exact) mass is 367 g/mol. The van der Waals surface area contributed by atoms with Gasteiger partial charge in [0.1, 0.15) is 0 Å². The Balaban J connectivity index is 1.55. The average Bonchev–Trinajstić information content (AvgIpc) is 3.13. The van der Waals surface area contributed by atoms with E-state index in [9.17, 15) is 9.59 Å². The van der Waals surface area contributed by atoms with Gasteiger partial charge in [-0.05, 0) is 36.6 Å². The van der Waals surface area contributed by atoms with Crippen molar-refractivity contribution in [3.8, 4) is 11.5 Å². The van der Waals surface area contributed by atoms with E-state index >= 15 is 0 Å². The third-order valence-corrected chi connectivity index (χ3v) is 4.33. The molecule has 0 heterocycles. The molecule has 0 saturated carbocycles. The molecular weight excluding hydrogens is 346 g/mol. The van der Waals surface area contributed by atoms with Crippen LogP contribution < -0.4 is 20.2 Å². The number of nitrogens with one attached hydrogen (secondary N) is 2. The summed E-state index contributed by atoms with van der Waals surface area (Å²) in [5, 5.41) is 6.76. The van der Waals surface area contributed by atoms with Crippen molar-refractivity contribution in [2.24, 2.45) is 5.10 Å². The number of hydrazone groups is 1. The molecule has 1 aliphatic rings. The molecule has 0 saturated heterocycles. The number of methoxy groups -OCH3 is 2. The molecule has 27 heavy (non-hydrogen) atoms. The van der Waals surface area contributed by atoms with Gasteiger partial charge in [0.15, 0.2) is 11.5 Å². The fourth-order valence-corrected chi connectivity index (χ4v) is 2.93. The summed E-state index contributed by atoms with van der Waals surface area (Å²) in [5.41, 5.74) is 6.02. The molecule has 0 radical (unpaired) electrons. The van der Waals surface area contributed by atoms with Crippen LogP contribution in [0.15, 0.2) is 47.6 Å². The summed E-state index contributed by atoms with van der Waals surface area (Å²) in [4.78, 5) is 24.2. The fourth-order valence-electron chi connectivity index (χ4n) is 2.93. The van der Waals surface area contributed by atoms with E-state index in [0.29, 0.717) is 17.1 Å². The van der Waals surface area contributed by atoms with Crippen LogP contribution in [0.2, 0.25) is 0 Å². The smallest absolute Gasteiger partial charge is 0.259 e. The molecule has 2 N–H and O–H groups in total. The van der Waals surface area contributed by atoms with Crippen LogP contribution >= 0.6 is 0 Å². The van der Waals surface area contributed by atoms with Crippen LogP contribution in [-0.2, 0) is 11.2 Å². The average molecular weight is 367 g/mol. The van der Waals surface area contributed by atoms with Gasteiger partial charge in [-0.15, -0.1) is 0 Å². The highest BCUT2D eigenvalue weighted by Gasteiger charge is 2.17. The van der Waals surface area contributed by atoms with Crippen molar-refractivity contribution in [1.29, 1.82) is 0 Å². The number of carbonyl (C=O) groups excluding carboxylic acids is 2. The third-order valence-electron chi connectivity index (χ3n) is 4.33. The molecule has 0 aliphatic heterocycles. The van der Waals surface area contributed by atoms with Gasteiger partial charge in [0.2, 0.25) is 0 Å². The van der Waals surface area contributed by atoms with Crippen molar-refractivity contribution in [3.63, 3.8) is 0 Å². The number of hydrogen-bond donors (Lipinski definition) is 2. The van der Waals surface area contributed by atoms with E-state index in [-0.39, 0.29) is 18.4 Å². The second kappa shape index (κ2) is 8.35. The Labute approximate surface area is 157 Å². The Morgan fingerprint density at radius 3 is 2.59 bits per heavy atom. The van der Waals surface area contributed by atoms with Gasteiger partial charge >= 0.3 is 0 Å². The van der Waals surface area contributed by atoms with Gasteiger partial charge in [0, 0.05) is 11.1 Å². The van der Waals surface area contributed by atoms with Crippen molar-refractivity contribution in [2.75, 3.05) is 20.8 Å². The van der Waals surface area contributed by atoms with Crippen molar-refractivity contribution in [3.05, 3.63) is 59.2 Å². The quantitative estimate of drug-likeness (QED) is 0.763. The van der Waals surface area contributed by atoms with Gasteiger partial charge in [-0.3, -0.25) is 9.59 Å². The van der Waals surface area contributed by atoms with Gasteiger partial charge in [-0.1, -0.05) is 24.3 Å². The number of fused-ring (bicyclic) bond motifs is 1. The van der Waals surface area contributed by atoms with E-state index < -0.39 is 0 Å². The normalized spacial score (nSPS) is 13.8. The lowest BCUT2D eigenvalue weighted by molar-refractivity contribution is -0.120. The van der Waals surface area contributed by atoms with Gasteiger partial charge in [0.05, 0.1) is 26.5 Å². The number of benzene rings is 2. The lowest BCUT2D eigenvalue weighted by atomic mass is 10.1.